The van der Waals surface area contributed by atoms with Crippen molar-refractivity contribution in [2.45, 2.75) is 19.8 Å². The Balaban J connectivity index is 1.68. The number of halogens is 1. The number of para-hydroxylation sites is 1. The van der Waals surface area contributed by atoms with Crippen LogP contribution in [0.25, 0.3) is 0 Å². The Hall–Kier alpha value is -2.34. The van der Waals surface area contributed by atoms with Gasteiger partial charge in [0.15, 0.2) is 0 Å². The van der Waals surface area contributed by atoms with E-state index in [1.807, 2.05) is 55.5 Å². The number of anilines is 1. The van der Waals surface area contributed by atoms with Gasteiger partial charge in [-0.25, -0.2) is 0 Å². The first-order chi connectivity index (χ1) is 12.1. The summed E-state index contributed by atoms with van der Waals surface area (Å²) in [7, 11) is 0. The smallest absolute Gasteiger partial charge is 0.243 e. The molecule has 0 saturated heterocycles. The minimum atomic E-state index is -0.247. The van der Waals surface area contributed by atoms with Gasteiger partial charge in [-0.3, -0.25) is 9.59 Å². The average Bonchev–Trinajstić information content (AvgIpc) is 2.62. The summed E-state index contributed by atoms with van der Waals surface area (Å²) < 4.78 is 6.45. The Bertz CT molecular complexity index is 717. The zero-order chi connectivity index (χ0) is 18.1. The maximum absolute atomic E-state index is 12.0. The van der Waals surface area contributed by atoms with Gasteiger partial charge in [0.2, 0.25) is 11.8 Å². The Labute approximate surface area is 155 Å². The molecule has 2 amide bonds. The number of hydrogen-bond donors (Lipinski definition) is 2. The lowest BCUT2D eigenvalue weighted by Gasteiger charge is -2.10. The van der Waals surface area contributed by atoms with Gasteiger partial charge >= 0.3 is 0 Å². The number of aryl methyl sites for hydroxylation is 1. The number of rotatable bonds is 8. The fourth-order valence-corrected chi connectivity index (χ4v) is 2.47. The predicted octanol–water partition coefficient (Wildman–Crippen LogP) is 3.54. The van der Waals surface area contributed by atoms with E-state index in [9.17, 15) is 9.59 Å². The lowest BCUT2D eigenvalue weighted by molar-refractivity contribution is -0.124. The van der Waals surface area contributed by atoms with Crippen LogP contribution in [0.4, 0.5) is 5.69 Å². The molecule has 0 spiro atoms. The second-order valence-corrected chi connectivity index (χ2v) is 6.30. The van der Waals surface area contributed by atoms with Crippen molar-refractivity contribution in [2.24, 2.45) is 0 Å². The van der Waals surface area contributed by atoms with Crippen LogP contribution in [-0.2, 0) is 16.0 Å². The number of benzene rings is 2. The maximum atomic E-state index is 12.0. The molecule has 0 heterocycles. The first-order valence-electron chi connectivity index (χ1n) is 8.11. The summed E-state index contributed by atoms with van der Waals surface area (Å²) in [4.78, 5) is 23.7. The van der Waals surface area contributed by atoms with Gasteiger partial charge in [0, 0.05) is 10.2 Å². The van der Waals surface area contributed by atoms with Crippen LogP contribution in [0.3, 0.4) is 0 Å². The normalized spacial score (nSPS) is 10.2. The van der Waals surface area contributed by atoms with Crippen LogP contribution in [0.5, 0.6) is 5.75 Å². The summed E-state index contributed by atoms with van der Waals surface area (Å²) in [5.41, 5.74) is 1.84. The summed E-state index contributed by atoms with van der Waals surface area (Å²) in [5, 5.41) is 5.41. The van der Waals surface area contributed by atoms with Gasteiger partial charge in [-0.05, 0) is 42.3 Å². The van der Waals surface area contributed by atoms with Crippen molar-refractivity contribution >= 4 is 33.4 Å². The van der Waals surface area contributed by atoms with Crippen LogP contribution >= 0.6 is 15.9 Å². The maximum Gasteiger partial charge on any atom is 0.243 e. The van der Waals surface area contributed by atoms with E-state index in [0.29, 0.717) is 5.75 Å². The van der Waals surface area contributed by atoms with Crippen LogP contribution in [0.15, 0.2) is 53.0 Å². The predicted molar refractivity (Wildman–Crippen MR) is 102 cm³/mol. The summed E-state index contributed by atoms with van der Waals surface area (Å²) in [6.07, 6.45) is 1.02. The van der Waals surface area contributed by atoms with E-state index in [-0.39, 0.29) is 31.4 Å². The molecule has 2 rings (SSSR count). The van der Waals surface area contributed by atoms with Crippen molar-refractivity contribution in [2.75, 3.05) is 18.5 Å². The van der Waals surface area contributed by atoms with Crippen molar-refractivity contribution in [3.8, 4) is 5.75 Å². The minimum Gasteiger partial charge on any atom is -0.493 e. The van der Waals surface area contributed by atoms with E-state index >= 15 is 0 Å². The first kappa shape index (κ1) is 19.0. The van der Waals surface area contributed by atoms with E-state index in [1.165, 1.54) is 0 Å². The summed E-state index contributed by atoms with van der Waals surface area (Å²) in [5.74, 6) is 0.226. The third-order valence-corrected chi connectivity index (χ3v) is 4.06. The van der Waals surface area contributed by atoms with Gasteiger partial charge < -0.3 is 15.4 Å². The van der Waals surface area contributed by atoms with Crippen LogP contribution in [-0.4, -0.2) is 25.0 Å². The molecule has 25 heavy (non-hydrogen) atoms. The van der Waals surface area contributed by atoms with E-state index in [4.69, 9.17) is 4.74 Å². The van der Waals surface area contributed by atoms with Crippen LogP contribution in [0.2, 0.25) is 0 Å². The zero-order valence-corrected chi connectivity index (χ0v) is 15.6. The third-order valence-electron chi connectivity index (χ3n) is 3.53. The number of hydrogen-bond acceptors (Lipinski definition) is 3. The molecule has 0 aliphatic heterocycles. The molecule has 0 radical (unpaired) electrons. The van der Waals surface area contributed by atoms with Crippen LogP contribution in [0, 0.1) is 0 Å². The molecule has 5 nitrogen and oxygen atoms in total. The highest BCUT2D eigenvalue weighted by Gasteiger charge is 2.08. The molecule has 0 fully saturated rings. The number of nitrogens with one attached hydrogen (secondary N) is 2. The highest BCUT2D eigenvalue weighted by Crippen LogP contribution is 2.16. The van der Waals surface area contributed by atoms with Gasteiger partial charge in [-0.1, -0.05) is 41.1 Å². The summed E-state index contributed by atoms with van der Waals surface area (Å²) in [6, 6.07) is 15.0. The van der Waals surface area contributed by atoms with E-state index in [2.05, 4.69) is 26.6 Å². The molecule has 132 valence electrons. The molecule has 6 heteroatoms. The molecule has 0 aliphatic carbocycles. The standard InChI is InChI=1S/C19H21BrN2O3/c1-2-14-5-3-4-6-17(14)22-19(24)13-21-18(23)11-12-25-16-9-7-15(20)8-10-16/h3-10H,2,11-13H2,1H3,(H,21,23)(H,22,24). The molecular formula is C19H21BrN2O3. The van der Waals surface area contributed by atoms with E-state index < -0.39 is 0 Å². The number of amides is 2. The number of carbonyl (C=O) groups is 2. The SMILES string of the molecule is CCc1ccccc1NC(=O)CNC(=O)CCOc1ccc(Br)cc1. The molecule has 0 atom stereocenters. The third kappa shape index (κ3) is 6.58. The topological polar surface area (TPSA) is 67.4 Å². The number of carbonyl (C=O) groups excluding carboxylic acids is 2. The average molecular weight is 405 g/mol. The lowest BCUT2D eigenvalue weighted by atomic mass is 10.1. The quantitative estimate of drug-likeness (QED) is 0.706. The van der Waals surface area contributed by atoms with Crippen molar-refractivity contribution in [1.29, 1.82) is 0 Å². The van der Waals surface area contributed by atoms with Gasteiger partial charge in [0.1, 0.15) is 5.75 Å². The summed E-state index contributed by atoms with van der Waals surface area (Å²) >= 11 is 3.35. The number of ether oxygens (including phenoxy) is 1. The minimum absolute atomic E-state index is 0.0604. The lowest BCUT2D eigenvalue weighted by Crippen LogP contribution is -2.33. The molecule has 2 aromatic carbocycles. The highest BCUT2D eigenvalue weighted by molar-refractivity contribution is 9.10. The van der Waals surface area contributed by atoms with Crippen LogP contribution < -0.4 is 15.4 Å². The molecular weight excluding hydrogens is 384 g/mol. The van der Waals surface area contributed by atoms with Crippen molar-refractivity contribution in [1.82, 2.24) is 5.32 Å². The fraction of sp³-hybridized carbons (Fsp3) is 0.263. The first-order valence-corrected chi connectivity index (χ1v) is 8.90. The van der Waals surface area contributed by atoms with Crippen molar-refractivity contribution < 1.29 is 14.3 Å². The molecule has 0 bridgehead atoms. The van der Waals surface area contributed by atoms with E-state index in [1.54, 1.807) is 0 Å². The second-order valence-electron chi connectivity index (χ2n) is 5.39. The van der Waals surface area contributed by atoms with Gasteiger partial charge in [0.05, 0.1) is 19.6 Å². The van der Waals surface area contributed by atoms with Crippen molar-refractivity contribution in [3.63, 3.8) is 0 Å². The largest absolute Gasteiger partial charge is 0.493 e. The van der Waals surface area contributed by atoms with Crippen molar-refractivity contribution in [3.05, 3.63) is 58.6 Å². The Kier molecular flexibility index (Phi) is 7.47. The van der Waals surface area contributed by atoms with Crippen LogP contribution in [0.1, 0.15) is 18.9 Å². The monoisotopic (exact) mass is 404 g/mol. The summed E-state index contributed by atoms with van der Waals surface area (Å²) in [6.45, 7) is 2.22. The Morgan fingerprint density at radius 3 is 2.48 bits per heavy atom. The molecule has 0 saturated carbocycles. The molecule has 2 aromatic rings. The second kappa shape index (κ2) is 9.84. The molecule has 0 unspecified atom stereocenters. The molecule has 2 N–H and O–H groups in total. The molecule has 0 aromatic heterocycles. The Morgan fingerprint density at radius 1 is 1.04 bits per heavy atom. The van der Waals surface area contributed by atoms with Gasteiger partial charge in [-0.15, -0.1) is 0 Å². The Morgan fingerprint density at radius 2 is 1.76 bits per heavy atom. The highest BCUT2D eigenvalue weighted by atomic mass is 79.9. The zero-order valence-electron chi connectivity index (χ0n) is 14.0. The molecule has 0 aliphatic rings. The van der Waals surface area contributed by atoms with E-state index in [0.717, 1.165) is 22.1 Å². The fourth-order valence-electron chi connectivity index (χ4n) is 2.20. The van der Waals surface area contributed by atoms with Gasteiger partial charge in [0.25, 0.3) is 0 Å². The van der Waals surface area contributed by atoms with Gasteiger partial charge in [-0.2, -0.15) is 0 Å².